The molecule has 0 saturated carbocycles. The molecule has 0 radical (unpaired) electrons. The van der Waals surface area contributed by atoms with Gasteiger partial charge >= 0.3 is 5.97 Å². The van der Waals surface area contributed by atoms with E-state index in [1.54, 1.807) is 11.0 Å². The average Bonchev–Trinajstić information content (AvgIpc) is 3.01. The van der Waals surface area contributed by atoms with Crippen molar-refractivity contribution < 1.29 is 14.3 Å². The molecule has 6 nitrogen and oxygen atoms in total. The molecule has 0 N–H and O–H groups in total. The lowest BCUT2D eigenvalue weighted by Crippen LogP contribution is -2.27. The minimum Gasteiger partial charge on any atom is -0.458 e. The normalized spacial score (nSPS) is 13.6. The molecule has 0 saturated heterocycles. The maximum atomic E-state index is 12.3. The fraction of sp³-hybridized carbons (Fsp3) is 0.400. The lowest BCUT2D eigenvalue weighted by molar-refractivity contribution is -0.162. The highest BCUT2D eigenvalue weighted by atomic mass is 16.6. The maximum absolute atomic E-state index is 12.3. The van der Waals surface area contributed by atoms with E-state index in [-0.39, 0.29) is 6.10 Å². The van der Waals surface area contributed by atoms with Gasteiger partial charge in [-0.05, 0) is 12.0 Å². The van der Waals surface area contributed by atoms with Crippen molar-refractivity contribution in [2.75, 3.05) is 7.11 Å². The van der Waals surface area contributed by atoms with Crippen LogP contribution in [0.2, 0.25) is 0 Å². The summed E-state index contributed by atoms with van der Waals surface area (Å²) >= 11 is 0. The van der Waals surface area contributed by atoms with Gasteiger partial charge in [0, 0.05) is 7.11 Å². The number of ether oxygens (including phenoxy) is 2. The quantitative estimate of drug-likeness (QED) is 0.729. The summed E-state index contributed by atoms with van der Waals surface area (Å²) in [5.41, 5.74) is 0.778. The minimum absolute atomic E-state index is 0.263. The van der Waals surface area contributed by atoms with Gasteiger partial charge in [-0.3, -0.25) is 0 Å². The molecule has 0 bridgehead atoms. The number of carbonyl (C=O) groups excluding carboxylic acids is 1. The summed E-state index contributed by atoms with van der Waals surface area (Å²) in [5.74, 6) is -0.393. The van der Waals surface area contributed by atoms with E-state index in [1.807, 2.05) is 37.3 Å². The molecule has 1 aromatic heterocycles. The Labute approximate surface area is 123 Å². The van der Waals surface area contributed by atoms with E-state index < -0.39 is 12.1 Å². The Morgan fingerprint density at radius 3 is 2.67 bits per heavy atom. The van der Waals surface area contributed by atoms with Crippen molar-refractivity contribution in [2.45, 2.75) is 32.1 Å². The summed E-state index contributed by atoms with van der Waals surface area (Å²) in [7, 11) is 1.50. The van der Waals surface area contributed by atoms with E-state index in [4.69, 9.17) is 9.47 Å². The molecule has 21 heavy (non-hydrogen) atoms. The van der Waals surface area contributed by atoms with Crippen LogP contribution in [0.15, 0.2) is 43.0 Å². The number of methoxy groups -OCH3 is 1. The van der Waals surface area contributed by atoms with Crippen molar-refractivity contribution in [2.24, 2.45) is 0 Å². The van der Waals surface area contributed by atoms with Gasteiger partial charge in [0.25, 0.3) is 0 Å². The van der Waals surface area contributed by atoms with Gasteiger partial charge in [0.15, 0.2) is 6.10 Å². The second-order valence-corrected chi connectivity index (χ2v) is 4.61. The Morgan fingerprint density at radius 2 is 2.10 bits per heavy atom. The molecule has 0 amide bonds. The standard InChI is InChI=1S/C15H19N3O3/c1-3-13(9-18-11-16-10-17-18)21-15(19)14(20-2)12-7-5-4-6-8-12/h4-8,10-11,13-14H,3,9H2,1-2H3/t13-,14+/m0/s1. The number of carbonyl (C=O) groups is 1. The van der Waals surface area contributed by atoms with Crippen LogP contribution < -0.4 is 0 Å². The predicted octanol–water partition coefficient (Wildman–Crippen LogP) is 1.99. The van der Waals surface area contributed by atoms with Crippen molar-refractivity contribution in [3.8, 4) is 0 Å². The third-order valence-corrected chi connectivity index (χ3v) is 3.15. The summed E-state index contributed by atoms with van der Waals surface area (Å²) in [6.45, 7) is 2.44. The van der Waals surface area contributed by atoms with Crippen LogP contribution in [0, 0.1) is 0 Å². The van der Waals surface area contributed by atoms with Gasteiger partial charge in [-0.1, -0.05) is 37.3 Å². The average molecular weight is 289 g/mol. The minimum atomic E-state index is -0.712. The van der Waals surface area contributed by atoms with Crippen LogP contribution in [0.1, 0.15) is 25.0 Å². The molecule has 0 aliphatic carbocycles. The van der Waals surface area contributed by atoms with Crippen LogP contribution >= 0.6 is 0 Å². The highest BCUT2D eigenvalue weighted by molar-refractivity contribution is 5.76. The highest BCUT2D eigenvalue weighted by Crippen LogP contribution is 2.19. The topological polar surface area (TPSA) is 66.2 Å². The molecule has 112 valence electrons. The van der Waals surface area contributed by atoms with Crippen LogP contribution in [0.4, 0.5) is 0 Å². The first kappa shape index (κ1) is 15.2. The number of nitrogens with zero attached hydrogens (tertiary/aromatic N) is 3. The zero-order valence-corrected chi connectivity index (χ0v) is 12.2. The first-order valence-electron chi connectivity index (χ1n) is 6.85. The molecule has 1 aromatic carbocycles. The molecular weight excluding hydrogens is 270 g/mol. The lowest BCUT2D eigenvalue weighted by atomic mass is 10.1. The Hall–Kier alpha value is -2.21. The van der Waals surface area contributed by atoms with Crippen molar-refractivity contribution in [3.63, 3.8) is 0 Å². The molecular formula is C15H19N3O3. The second kappa shape index (κ2) is 7.54. The number of hydrogen-bond donors (Lipinski definition) is 0. The molecule has 0 spiro atoms. The summed E-state index contributed by atoms with van der Waals surface area (Å²) < 4.78 is 12.4. The first-order valence-corrected chi connectivity index (χ1v) is 6.85. The van der Waals surface area contributed by atoms with Crippen molar-refractivity contribution in [1.82, 2.24) is 14.8 Å². The van der Waals surface area contributed by atoms with Crippen LogP contribution in [0.25, 0.3) is 0 Å². The van der Waals surface area contributed by atoms with Crippen LogP contribution in [0.3, 0.4) is 0 Å². The zero-order valence-electron chi connectivity index (χ0n) is 12.2. The fourth-order valence-electron chi connectivity index (χ4n) is 2.01. The van der Waals surface area contributed by atoms with Gasteiger partial charge in [0.1, 0.15) is 18.8 Å². The van der Waals surface area contributed by atoms with E-state index in [0.717, 1.165) is 5.56 Å². The van der Waals surface area contributed by atoms with Crippen LogP contribution in [-0.2, 0) is 20.8 Å². The third-order valence-electron chi connectivity index (χ3n) is 3.15. The number of esters is 1. The van der Waals surface area contributed by atoms with Crippen molar-refractivity contribution in [3.05, 3.63) is 48.5 Å². The molecule has 2 rings (SSSR count). The Balaban J connectivity index is 2.00. The number of hydrogen-bond acceptors (Lipinski definition) is 5. The van der Waals surface area contributed by atoms with Crippen LogP contribution in [-0.4, -0.2) is 33.9 Å². The third kappa shape index (κ3) is 4.13. The monoisotopic (exact) mass is 289 g/mol. The largest absolute Gasteiger partial charge is 0.458 e. The Kier molecular flexibility index (Phi) is 5.45. The van der Waals surface area contributed by atoms with E-state index in [9.17, 15) is 4.79 Å². The second-order valence-electron chi connectivity index (χ2n) is 4.61. The van der Waals surface area contributed by atoms with E-state index >= 15 is 0 Å². The molecule has 6 heteroatoms. The number of aromatic nitrogens is 3. The SMILES string of the molecule is CC[C@@H](Cn1cncn1)OC(=O)[C@H](OC)c1ccccc1. The summed E-state index contributed by atoms with van der Waals surface area (Å²) in [6, 6.07) is 9.30. The van der Waals surface area contributed by atoms with E-state index in [0.29, 0.717) is 13.0 Å². The lowest BCUT2D eigenvalue weighted by Gasteiger charge is -2.20. The molecule has 1 heterocycles. The number of rotatable bonds is 7. The molecule has 0 aliphatic rings. The van der Waals surface area contributed by atoms with Crippen molar-refractivity contribution in [1.29, 1.82) is 0 Å². The van der Waals surface area contributed by atoms with Gasteiger partial charge in [0.2, 0.25) is 0 Å². The summed E-state index contributed by atoms with van der Waals surface area (Å²) in [4.78, 5) is 16.2. The maximum Gasteiger partial charge on any atom is 0.340 e. The molecule has 2 aromatic rings. The Bertz CT molecular complexity index is 543. The van der Waals surface area contributed by atoms with Crippen LogP contribution in [0.5, 0.6) is 0 Å². The van der Waals surface area contributed by atoms with Gasteiger partial charge in [-0.25, -0.2) is 14.5 Å². The predicted molar refractivity (Wildman–Crippen MR) is 76.4 cm³/mol. The Morgan fingerprint density at radius 1 is 1.33 bits per heavy atom. The van der Waals surface area contributed by atoms with Crippen molar-refractivity contribution >= 4 is 5.97 Å². The zero-order chi connectivity index (χ0) is 15.1. The molecule has 2 atom stereocenters. The van der Waals surface area contributed by atoms with Gasteiger partial charge in [-0.15, -0.1) is 0 Å². The molecule has 0 unspecified atom stereocenters. The van der Waals surface area contributed by atoms with Gasteiger partial charge in [-0.2, -0.15) is 5.10 Å². The van der Waals surface area contributed by atoms with Gasteiger partial charge < -0.3 is 9.47 Å². The highest BCUT2D eigenvalue weighted by Gasteiger charge is 2.24. The van der Waals surface area contributed by atoms with E-state index in [2.05, 4.69) is 10.1 Å². The molecule has 0 aliphatic heterocycles. The van der Waals surface area contributed by atoms with E-state index in [1.165, 1.54) is 13.4 Å². The smallest absolute Gasteiger partial charge is 0.340 e. The number of benzene rings is 1. The molecule has 0 fully saturated rings. The fourth-order valence-corrected chi connectivity index (χ4v) is 2.01. The van der Waals surface area contributed by atoms with Gasteiger partial charge in [0.05, 0.1) is 6.54 Å². The summed E-state index contributed by atoms with van der Waals surface area (Å²) in [5, 5.41) is 4.02. The first-order chi connectivity index (χ1) is 10.2. The summed E-state index contributed by atoms with van der Waals surface area (Å²) in [6.07, 6.45) is 2.77.